The molecule has 0 amide bonds. The van der Waals surface area contributed by atoms with E-state index in [4.69, 9.17) is 0 Å². The Balaban J connectivity index is 2.06. The lowest BCUT2D eigenvalue weighted by molar-refractivity contribution is -0.384. The van der Waals surface area contributed by atoms with Crippen molar-refractivity contribution in [2.45, 2.75) is 32.1 Å². The second kappa shape index (κ2) is 6.47. The van der Waals surface area contributed by atoms with Gasteiger partial charge in [0.05, 0.1) is 10.8 Å². The van der Waals surface area contributed by atoms with Crippen LogP contribution in [0.25, 0.3) is 0 Å². The van der Waals surface area contributed by atoms with Gasteiger partial charge in [0.25, 0.3) is 5.69 Å². The van der Waals surface area contributed by atoms with Crippen LogP contribution >= 0.6 is 0 Å². The third-order valence-corrected chi connectivity index (χ3v) is 4.07. The lowest BCUT2D eigenvalue weighted by atomic mass is 9.76. The minimum absolute atomic E-state index is 0.0624. The molecule has 112 valence electrons. The van der Waals surface area contributed by atoms with E-state index in [2.05, 4.69) is 0 Å². The third kappa shape index (κ3) is 3.65. The number of hydrogen-bond donors (Lipinski definition) is 1. The van der Waals surface area contributed by atoms with Gasteiger partial charge in [0.1, 0.15) is 0 Å². The largest absolute Gasteiger partial charge is 0.481 e. The van der Waals surface area contributed by atoms with Gasteiger partial charge in [0, 0.05) is 24.1 Å². The Hall–Kier alpha value is -2.24. The van der Waals surface area contributed by atoms with Gasteiger partial charge >= 0.3 is 5.97 Å². The summed E-state index contributed by atoms with van der Waals surface area (Å²) in [5.41, 5.74) is 0.336. The number of rotatable bonds is 5. The van der Waals surface area contributed by atoms with E-state index in [0.717, 1.165) is 19.3 Å². The van der Waals surface area contributed by atoms with E-state index in [1.54, 1.807) is 0 Å². The molecule has 0 spiro atoms. The average Bonchev–Trinajstić information content (AvgIpc) is 2.47. The van der Waals surface area contributed by atoms with Crippen molar-refractivity contribution in [3.8, 4) is 0 Å². The van der Waals surface area contributed by atoms with Crippen molar-refractivity contribution in [1.29, 1.82) is 0 Å². The fourth-order valence-electron chi connectivity index (χ4n) is 2.90. The number of ketones is 1. The van der Waals surface area contributed by atoms with Gasteiger partial charge in [0.15, 0.2) is 5.78 Å². The fraction of sp³-hybridized carbons (Fsp3) is 0.467. The first kappa shape index (κ1) is 15.2. The molecule has 1 aromatic carbocycles. The summed E-state index contributed by atoms with van der Waals surface area (Å²) in [4.78, 5) is 33.5. The standard InChI is InChI=1S/C15H17NO5/c17-14(10-5-7-12(8-6-10)16(20)21)9-11-3-1-2-4-13(11)15(18)19/h5-8,11,13H,1-4,9H2,(H,18,19)/t11-,13-/m1/s1. The SMILES string of the molecule is O=C(C[C@H]1CCCC[C@H]1C(=O)O)c1ccc([N+](=O)[O-])cc1. The Morgan fingerprint density at radius 2 is 1.81 bits per heavy atom. The van der Waals surface area contributed by atoms with Crippen molar-refractivity contribution < 1.29 is 19.6 Å². The molecule has 0 heterocycles. The molecular formula is C15H17NO5. The number of carbonyl (C=O) groups is 2. The maximum absolute atomic E-state index is 12.2. The molecule has 0 aliphatic heterocycles. The number of nitro benzene ring substituents is 1. The number of carboxylic acids is 1. The molecule has 0 aromatic heterocycles. The van der Waals surface area contributed by atoms with Crippen LogP contribution in [0.1, 0.15) is 42.5 Å². The van der Waals surface area contributed by atoms with Crippen LogP contribution in [-0.4, -0.2) is 21.8 Å². The van der Waals surface area contributed by atoms with Crippen molar-refractivity contribution in [1.82, 2.24) is 0 Å². The second-order valence-electron chi connectivity index (χ2n) is 5.42. The first-order chi connectivity index (χ1) is 9.99. The van der Waals surface area contributed by atoms with Crippen LogP contribution < -0.4 is 0 Å². The second-order valence-corrected chi connectivity index (χ2v) is 5.42. The summed E-state index contributed by atoms with van der Waals surface area (Å²) < 4.78 is 0. The highest BCUT2D eigenvalue weighted by molar-refractivity contribution is 5.96. The summed E-state index contributed by atoms with van der Waals surface area (Å²) in [5.74, 6) is -1.58. The molecule has 6 nitrogen and oxygen atoms in total. The van der Waals surface area contributed by atoms with Crippen LogP contribution in [0.5, 0.6) is 0 Å². The topological polar surface area (TPSA) is 97.5 Å². The molecule has 2 rings (SSSR count). The maximum atomic E-state index is 12.2. The Bertz CT molecular complexity index is 552. The number of carbonyl (C=O) groups excluding carboxylic acids is 1. The molecular weight excluding hydrogens is 274 g/mol. The quantitative estimate of drug-likeness (QED) is 0.510. The van der Waals surface area contributed by atoms with Crippen LogP contribution in [0, 0.1) is 22.0 Å². The first-order valence-corrected chi connectivity index (χ1v) is 6.99. The molecule has 1 aliphatic carbocycles. The average molecular weight is 291 g/mol. The van der Waals surface area contributed by atoms with E-state index in [1.165, 1.54) is 24.3 Å². The van der Waals surface area contributed by atoms with E-state index in [1.807, 2.05) is 0 Å². The van der Waals surface area contributed by atoms with Crippen LogP contribution in [0.3, 0.4) is 0 Å². The van der Waals surface area contributed by atoms with Crippen molar-refractivity contribution in [2.75, 3.05) is 0 Å². The molecule has 0 saturated heterocycles. The summed E-state index contributed by atoms with van der Waals surface area (Å²) in [5, 5.41) is 19.8. The van der Waals surface area contributed by atoms with E-state index >= 15 is 0 Å². The normalized spacial score (nSPS) is 21.7. The number of nitro groups is 1. The van der Waals surface area contributed by atoms with E-state index < -0.39 is 16.8 Å². The molecule has 2 atom stereocenters. The van der Waals surface area contributed by atoms with Gasteiger partial charge < -0.3 is 5.11 Å². The molecule has 1 N–H and O–H groups in total. The highest BCUT2D eigenvalue weighted by atomic mass is 16.6. The minimum atomic E-state index is -0.837. The van der Waals surface area contributed by atoms with Gasteiger partial charge in [-0.15, -0.1) is 0 Å². The Kier molecular flexibility index (Phi) is 4.67. The summed E-state index contributed by atoms with van der Waals surface area (Å²) in [6.45, 7) is 0. The molecule has 1 aromatic rings. The van der Waals surface area contributed by atoms with Gasteiger partial charge in [-0.1, -0.05) is 12.8 Å². The molecule has 21 heavy (non-hydrogen) atoms. The molecule has 1 fully saturated rings. The monoisotopic (exact) mass is 291 g/mol. The number of Topliss-reactive ketones (excluding diaryl/α,β-unsaturated/α-hetero) is 1. The molecule has 0 bridgehead atoms. The first-order valence-electron chi connectivity index (χ1n) is 6.99. The van der Waals surface area contributed by atoms with Crippen LogP contribution in [0.4, 0.5) is 5.69 Å². The lowest BCUT2D eigenvalue weighted by Crippen LogP contribution is -2.28. The summed E-state index contributed by atoms with van der Waals surface area (Å²) in [6.07, 6.45) is 3.39. The third-order valence-electron chi connectivity index (χ3n) is 4.07. The van der Waals surface area contributed by atoms with Gasteiger partial charge in [-0.25, -0.2) is 0 Å². The van der Waals surface area contributed by atoms with Crippen LogP contribution in [0.15, 0.2) is 24.3 Å². The molecule has 0 unspecified atom stereocenters. The highest BCUT2D eigenvalue weighted by Gasteiger charge is 2.32. The summed E-state index contributed by atoms with van der Waals surface area (Å²) in [7, 11) is 0. The van der Waals surface area contributed by atoms with Gasteiger partial charge in [-0.05, 0) is 30.9 Å². The van der Waals surface area contributed by atoms with Crippen molar-refractivity contribution in [2.24, 2.45) is 11.8 Å². The predicted octanol–water partition coefficient (Wildman–Crippen LogP) is 3.06. The number of non-ortho nitro benzene ring substituents is 1. The molecule has 1 aliphatic rings. The maximum Gasteiger partial charge on any atom is 0.306 e. The fourth-order valence-corrected chi connectivity index (χ4v) is 2.90. The van der Waals surface area contributed by atoms with E-state index in [-0.39, 0.29) is 23.8 Å². The zero-order valence-corrected chi connectivity index (χ0v) is 11.5. The summed E-state index contributed by atoms with van der Waals surface area (Å²) in [6, 6.07) is 5.45. The molecule has 6 heteroatoms. The van der Waals surface area contributed by atoms with Crippen LogP contribution in [-0.2, 0) is 4.79 Å². The highest BCUT2D eigenvalue weighted by Crippen LogP contribution is 2.33. The minimum Gasteiger partial charge on any atom is -0.481 e. The zero-order valence-electron chi connectivity index (χ0n) is 11.5. The summed E-state index contributed by atoms with van der Waals surface area (Å²) >= 11 is 0. The lowest BCUT2D eigenvalue weighted by Gasteiger charge is -2.27. The Morgan fingerprint density at radius 3 is 2.38 bits per heavy atom. The number of nitrogens with zero attached hydrogens (tertiary/aromatic N) is 1. The van der Waals surface area contributed by atoms with E-state index in [0.29, 0.717) is 12.0 Å². The van der Waals surface area contributed by atoms with E-state index in [9.17, 15) is 24.8 Å². The van der Waals surface area contributed by atoms with Gasteiger partial charge in [0.2, 0.25) is 0 Å². The predicted molar refractivity (Wildman–Crippen MR) is 75.1 cm³/mol. The number of aliphatic carboxylic acids is 1. The Labute approximate surface area is 121 Å². The molecule has 0 radical (unpaired) electrons. The number of carboxylic acid groups (broad SMARTS) is 1. The van der Waals surface area contributed by atoms with Gasteiger partial charge in [-0.2, -0.15) is 0 Å². The van der Waals surface area contributed by atoms with Crippen molar-refractivity contribution in [3.63, 3.8) is 0 Å². The molecule has 1 saturated carbocycles. The number of benzene rings is 1. The smallest absolute Gasteiger partial charge is 0.306 e. The van der Waals surface area contributed by atoms with Crippen LogP contribution in [0.2, 0.25) is 0 Å². The number of hydrogen-bond acceptors (Lipinski definition) is 4. The zero-order chi connectivity index (χ0) is 15.4. The Morgan fingerprint density at radius 1 is 1.19 bits per heavy atom. The van der Waals surface area contributed by atoms with Crippen molar-refractivity contribution in [3.05, 3.63) is 39.9 Å². The van der Waals surface area contributed by atoms with Gasteiger partial charge in [-0.3, -0.25) is 19.7 Å². The van der Waals surface area contributed by atoms with Crippen molar-refractivity contribution >= 4 is 17.4 Å².